The van der Waals surface area contributed by atoms with Crippen molar-refractivity contribution in [2.75, 3.05) is 48.0 Å². The molecule has 1 spiro atoms. The fraction of sp³-hybridized carbons (Fsp3) is 0.378. The SMILES string of the molecule is COC1=CC2=C3[C@@H](Cc4ccc(OC)c(c4)Oc4ccc(cc4)C[C@H]4c5cc6c(cc5CCN4C)OC[C@@]3(O6)C1=O)N(C)CC2. The highest BCUT2D eigenvalue weighted by Crippen LogP contribution is 2.49. The van der Waals surface area contributed by atoms with Crippen LogP contribution < -0.4 is 18.9 Å². The van der Waals surface area contributed by atoms with Gasteiger partial charge in [0.05, 0.1) is 14.2 Å². The highest BCUT2D eigenvalue weighted by atomic mass is 16.6. The van der Waals surface area contributed by atoms with E-state index in [4.69, 9.17) is 23.7 Å². The Hall–Kier alpha value is -4.27. The van der Waals surface area contributed by atoms with Gasteiger partial charge in [-0.1, -0.05) is 18.2 Å². The van der Waals surface area contributed by atoms with E-state index in [0.29, 0.717) is 35.2 Å². The summed E-state index contributed by atoms with van der Waals surface area (Å²) in [5, 5.41) is 0. The zero-order chi connectivity index (χ0) is 30.9. The summed E-state index contributed by atoms with van der Waals surface area (Å²) >= 11 is 0. The standard InChI is InChI=1S/C37H38N2O6/c1-38-13-11-24-18-31-33-20-27(24)28(38)15-22-5-8-26(9-6-22)44-32-17-23(7-10-30(32)41-3)16-29-35-25(12-14-39(29)2)19-34(42-4)36(40)37(35,45-33)21-43-31/h5-10,17-20,28-29H,11-16,21H2,1-4H3/t28-,29+,37-/m0/s1. The number of ether oxygens (including phenoxy) is 5. The lowest BCUT2D eigenvalue weighted by Gasteiger charge is -2.48. The molecule has 1 aliphatic carbocycles. The lowest BCUT2D eigenvalue weighted by molar-refractivity contribution is -0.136. The molecule has 0 unspecified atom stereocenters. The Labute approximate surface area is 263 Å². The third-order valence-corrected chi connectivity index (χ3v) is 10.3. The number of allylic oxidation sites excluding steroid dienone is 1. The Balaban J connectivity index is 1.34. The monoisotopic (exact) mass is 606 g/mol. The third kappa shape index (κ3) is 4.53. The Morgan fingerprint density at radius 1 is 0.822 bits per heavy atom. The number of methoxy groups -OCH3 is 2. The van der Waals surface area contributed by atoms with E-state index in [9.17, 15) is 4.79 Å². The molecule has 8 nitrogen and oxygen atoms in total. The number of carbonyl (C=O) groups excluding carboxylic acids is 1. The summed E-state index contributed by atoms with van der Waals surface area (Å²) < 4.78 is 31.4. The number of ketones is 1. The summed E-state index contributed by atoms with van der Waals surface area (Å²) in [4.78, 5) is 19.1. The van der Waals surface area contributed by atoms with Gasteiger partial charge in [0.15, 0.2) is 28.8 Å². The molecule has 8 heteroatoms. The topological polar surface area (TPSA) is 69.7 Å². The number of likely N-dealkylation sites (N-methyl/N-ethyl adjacent to an activating group) is 2. The smallest absolute Gasteiger partial charge is 0.248 e. The van der Waals surface area contributed by atoms with Crippen molar-refractivity contribution in [3.8, 4) is 28.7 Å². The average Bonchev–Trinajstić information content (AvgIpc) is 3.05. The molecule has 7 bridgehead atoms. The van der Waals surface area contributed by atoms with Gasteiger partial charge in [-0.15, -0.1) is 0 Å². The van der Waals surface area contributed by atoms with E-state index in [1.165, 1.54) is 16.7 Å². The molecular formula is C37H38N2O6. The second kappa shape index (κ2) is 10.7. The van der Waals surface area contributed by atoms with Gasteiger partial charge in [-0.05, 0) is 110 Å². The molecule has 3 aromatic rings. The van der Waals surface area contributed by atoms with Crippen LogP contribution in [0.15, 0.2) is 77.6 Å². The van der Waals surface area contributed by atoms with Crippen LogP contribution in [0.25, 0.3) is 0 Å². The van der Waals surface area contributed by atoms with Gasteiger partial charge < -0.3 is 23.7 Å². The van der Waals surface area contributed by atoms with E-state index in [1.54, 1.807) is 14.2 Å². The Bertz CT molecular complexity index is 1760. The molecule has 3 atom stereocenters. The van der Waals surface area contributed by atoms with Crippen molar-refractivity contribution >= 4 is 5.78 Å². The van der Waals surface area contributed by atoms with Crippen LogP contribution in [0.4, 0.5) is 0 Å². The second-order valence-electron chi connectivity index (χ2n) is 12.8. The number of nitrogens with zero attached hydrogens (tertiary/aromatic N) is 2. The van der Waals surface area contributed by atoms with Crippen molar-refractivity contribution in [3.63, 3.8) is 0 Å². The molecule has 0 amide bonds. The predicted octanol–water partition coefficient (Wildman–Crippen LogP) is 5.44. The molecule has 0 saturated carbocycles. The first-order valence-corrected chi connectivity index (χ1v) is 15.7. The molecule has 3 aromatic carbocycles. The number of hydrogen-bond donors (Lipinski definition) is 0. The maximum atomic E-state index is 14.4. The van der Waals surface area contributed by atoms with Crippen LogP contribution in [-0.2, 0) is 28.8 Å². The van der Waals surface area contributed by atoms with Gasteiger partial charge in [-0.3, -0.25) is 14.6 Å². The van der Waals surface area contributed by atoms with E-state index >= 15 is 0 Å². The van der Waals surface area contributed by atoms with Gasteiger partial charge in [-0.2, -0.15) is 0 Å². The third-order valence-electron chi connectivity index (χ3n) is 10.3. The fourth-order valence-electron chi connectivity index (χ4n) is 7.78. The number of fused-ring (bicyclic) bond motifs is 2. The zero-order valence-corrected chi connectivity index (χ0v) is 26.2. The van der Waals surface area contributed by atoms with Crippen LogP contribution in [0.3, 0.4) is 0 Å². The molecule has 9 rings (SSSR count). The van der Waals surface area contributed by atoms with Crippen LogP contribution in [0.2, 0.25) is 0 Å². The molecule has 6 aliphatic rings. The predicted molar refractivity (Wildman–Crippen MR) is 169 cm³/mol. The van der Waals surface area contributed by atoms with Gasteiger partial charge in [0.25, 0.3) is 0 Å². The van der Waals surface area contributed by atoms with Crippen molar-refractivity contribution in [3.05, 3.63) is 99.8 Å². The van der Waals surface area contributed by atoms with Crippen molar-refractivity contribution in [1.82, 2.24) is 9.80 Å². The van der Waals surface area contributed by atoms with Gasteiger partial charge in [0, 0.05) is 30.7 Å². The molecule has 232 valence electrons. The summed E-state index contributed by atoms with van der Waals surface area (Å²) in [5.41, 5.74) is 5.44. The van der Waals surface area contributed by atoms with Crippen LogP contribution in [0, 0.1) is 0 Å². The first-order valence-electron chi connectivity index (χ1n) is 15.7. The van der Waals surface area contributed by atoms with E-state index in [0.717, 1.165) is 54.8 Å². The average molecular weight is 607 g/mol. The summed E-state index contributed by atoms with van der Waals surface area (Å²) in [6.45, 7) is 1.88. The summed E-state index contributed by atoms with van der Waals surface area (Å²) in [6.07, 6.45) is 5.09. The minimum atomic E-state index is -1.33. The number of benzene rings is 3. The zero-order valence-electron chi connectivity index (χ0n) is 26.2. The Morgan fingerprint density at radius 3 is 2.38 bits per heavy atom. The van der Waals surface area contributed by atoms with Gasteiger partial charge in [-0.25, -0.2) is 0 Å². The van der Waals surface area contributed by atoms with Gasteiger partial charge in [0.2, 0.25) is 11.4 Å². The number of carbonyl (C=O) groups is 1. The van der Waals surface area contributed by atoms with Crippen molar-refractivity contribution in [2.45, 2.75) is 43.4 Å². The summed E-state index contributed by atoms with van der Waals surface area (Å²) in [7, 11) is 7.50. The summed E-state index contributed by atoms with van der Waals surface area (Å²) in [6, 6.07) is 18.7. The van der Waals surface area contributed by atoms with Crippen molar-refractivity contribution in [1.29, 1.82) is 0 Å². The van der Waals surface area contributed by atoms with Crippen LogP contribution in [-0.4, -0.2) is 75.2 Å². The first kappa shape index (κ1) is 28.2. The molecular weight excluding hydrogens is 568 g/mol. The molecule has 0 saturated heterocycles. The van der Waals surface area contributed by atoms with E-state index < -0.39 is 5.60 Å². The Kier molecular flexibility index (Phi) is 6.69. The molecule has 0 N–H and O–H groups in total. The van der Waals surface area contributed by atoms with Gasteiger partial charge in [0.1, 0.15) is 12.4 Å². The highest BCUT2D eigenvalue weighted by Gasteiger charge is 2.56. The fourth-order valence-corrected chi connectivity index (χ4v) is 7.78. The number of hydrogen-bond acceptors (Lipinski definition) is 8. The molecule has 0 fully saturated rings. The second-order valence-corrected chi connectivity index (χ2v) is 12.8. The molecule has 0 aromatic heterocycles. The van der Waals surface area contributed by atoms with Crippen LogP contribution in [0.5, 0.6) is 28.7 Å². The lowest BCUT2D eigenvalue weighted by atomic mass is 9.72. The minimum absolute atomic E-state index is 0.0909. The quantitative estimate of drug-likeness (QED) is 0.382. The van der Waals surface area contributed by atoms with E-state index in [-0.39, 0.29) is 24.5 Å². The molecule has 45 heavy (non-hydrogen) atoms. The largest absolute Gasteiger partial charge is 0.493 e. The van der Waals surface area contributed by atoms with Crippen molar-refractivity contribution < 1.29 is 28.5 Å². The maximum Gasteiger partial charge on any atom is 0.248 e. The minimum Gasteiger partial charge on any atom is -0.493 e. The first-order chi connectivity index (χ1) is 21.9. The Morgan fingerprint density at radius 2 is 1.58 bits per heavy atom. The van der Waals surface area contributed by atoms with Gasteiger partial charge >= 0.3 is 0 Å². The number of rotatable bonds is 2. The highest BCUT2D eigenvalue weighted by molar-refractivity contribution is 6.05. The normalized spacial score (nSPS) is 25.7. The number of Topliss-reactive ketones (excluding diaryl/α,β-unsaturated/α-hetero) is 1. The molecule has 5 heterocycles. The van der Waals surface area contributed by atoms with Crippen molar-refractivity contribution in [2.24, 2.45) is 0 Å². The van der Waals surface area contributed by atoms with Crippen LogP contribution >= 0.6 is 0 Å². The van der Waals surface area contributed by atoms with Crippen LogP contribution in [0.1, 0.15) is 34.7 Å². The molecule has 0 radical (unpaired) electrons. The van der Waals surface area contributed by atoms with E-state index in [2.05, 4.69) is 54.2 Å². The molecule has 5 aliphatic heterocycles. The lowest BCUT2D eigenvalue weighted by Crippen LogP contribution is -2.61. The maximum absolute atomic E-state index is 14.4. The van der Waals surface area contributed by atoms with E-state index in [1.807, 2.05) is 30.3 Å². The summed E-state index contributed by atoms with van der Waals surface area (Å²) in [5.74, 6) is 3.50.